The van der Waals surface area contributed by atoms with Crippen molar-refractivity contribution in [3.63, 3.8) is 0 Å². The maximum Gasteiger partial charge on any atom is 0.316 e. The highest BCUT2D eigenvalue weighted by Gasteiger charge is 2.34. The average molecular weight is 384 g/mol. The van der Waals surface area contributed by atoms with Gasteiger partial charge in [0.25, 0.3) is 0 Å². The van der Waals surface area contributed by atoms with Gasteiger partial charge in [-0.25, -0.2) is 9.18 Å². The molecule has 146 valence electrons. The number of hydrogen-bond acceptors (Lipinski definition) is 3. The van der Waals surface area contributed by atoms with Crippen molar-refractivity contribution in [2.45, 2.75) is 25.3 Å². The van der Waals surface area contributed by atoms with E-state index in [1.807, 2.05) is 30.3 Å². The van der Waals surface area contributed by atoms with E-state index in [1.165, 1.54) is 12.1 Å². The number of amides is 4. The van der Waals surface area contributed by atoms with Gasteiger partial charge >= 0.3 is 6.03 Å². The number of nitrogens with one attached hydrogen (secondary N) is 2. The zero-order valence-electron chi connectivity index (χ0n) is 15.2. The van der Waals surface area contributed by atoms with Crippen LogP contribution in [0.3, 0.4) is 0 Å². The third-order valence-corrected chi connectivity index (χ3v) is 4.57. The van der Waals surface area contributed by atoms with E-state index < -0.39 is 17.9 Å². The van der Waals surface area contributed by atoms with Crippen LogP contribution in [0.5, 0.6) is 0 Å². The van der Waals surface area contributed by atoms with Crippen LogP contribution in [0, 0.1) is 5.82 Å². The predicted octanol–water partition coefficient (Wildman–Crippen LogP) is 2.49. The van der Waals surface area contributed by atoms with E-state index in [0.717, 1.165) is 18.1 Å². The van der Waals surface area contributed by atoms with E-state index in [1.54, 1.807) is 4.90 Å². The molecule has 1 fully saturated rings. The molecule has 1 saturated heterocycles. The first-order valence-corrected chi connectivity index (χ1v) is 8.94. The van der Waals surface area contributed by atoms with Crippen molar-refractivity contribution in [1.29, 1.82) is 0 Å². The summed E-state index contributed by atoms with van der Waals surface area (Å²) in [7, 11) is 0. The highest BCUT2D eigenvalue weighted by atomic mass is 19.1. The van der Waals surface area contributed by atoms with Crippen LogP contribution < -0.4 is 16.4 Å². The largest absolute Gasteiger partial charge is 0.351 e. The van der Waals surface area contributed by atoms with Crippen molar-refractivity contribution in [1.82, 2.24) is 4.90 Å². The lowest BCUT2D eigenvalue weighted by Gasteiger charge is -2.24. The van der Waals surface area contributed by atoms with Gasteiger partial charge in [-0.3, -0.25) is 9.59 Å². The normalized spacial score (nSPS) is 15.9. The Kier molecular flexibility index (Phi) is 5.88. The number of carbonyl (C=O) groups is 3. The summed E-state index contributed by atoms with van der Waals surface area (Å²) >= 11 is 0. The van der Waals surface area contributed by atoms with Gasteiger partial charge in [0.2, 0.25) is 11.8 Å². The summed E-state index contributed by atoms with van der Waals surface area (Å²) in [5.41, 5.74) is 6.07. The van der Waals surface area contributed by atoms with Crippen LogP contribution in [0.2, 0.25) is 0 Å². The van der Waals surface area contributed by atoms with Gasteiger partial charge < -0.3 is 21.3 Å². The number of likely N-dealkylation sites (tertiary alicyclic amines) is 1. The fourth-order valence-corrected chi connectivity index (χ4v) is 3.27. The number of nitrogens with zero attached hydrogens (tertiary/aromatic N) is 1. The Labute approximate surface area is 161 Å². The fourth-order valence-electron chi connectivity index (χ4n) is 3.27. The van der Waals surface area contributed by atoms with E-state index in [-0.39, 0.29) is 23.9 Å². The van der Waals surface area contributed by atoms with Gasteiger partial charge in [-0.15, -0.1) is 0 Å². The van der Waals surface area contributed by atoms with Crippen LogP contribution >= 0.6 is 0 Å². The lowest BCUT2D eigenvalue weighted by Crippen LogP contribution is -2.43. The molecular formula is C20H21FN4O3. The van der Waals surface area contributed by atoms with E-state index in [0.29, 0.717) is 18.7 Å². The minimum absolute atomic E-state index is 0.112. The highest BCUT2D eigenvalue weighted by Crippen LogP contribution is 2.23. The van der Waals surface area contributed by atoms with Gasteiger partial charge in [-0.05, 0) is 36.6 Å². The molecule has 3 rings (SSSR count). The van der Waals surface area contributed by atoms with Crippen LogP contribution in [0.15, 0.2) is 48.5 Å². The topological polar surface area (TPSA) is 105 Å². The lowest BCUT2D eigenvalue weighted by molar-refractivity contribution is -0.136. The van der Waals surface area contributed by atoms with Crippen LogP contribution in [0.1, 0.15) is 18.4 Å². The Bertz CT molecular complexity index is 888. The number of primary amides is 1. The molecule has 0 aromatic heterocycles. The van der Waals surface area contributed by atoms with Crippen LogP contribution in [-0.4, -0.2) is 35.3 Å². The minimum atomic E-state index is -0.907. The molecule has 1 heterocycles. The SMILES string of the molecule is NC(=O)Nc1cc(NC(=O)C2CCCN2C(=O)Cc2ccccc2)ccc1F. The third-order valence-electron chi connectivity index (χ3n) is 4.57. The van der Waals surface area contributed by atoms with E-state index in [4.69, 9.17) is 5.73 Å². The summed E-state index contributed by atoms with van der Waals surface area (Å²) in [5, 5.41) is 4.84. The molecule has 0 saturated carbocycles. The van der Waals surface area contributed by atoms with Crippen molar-refractivity contribution in [2.75, 3.05) is 17.2 Å². The molecule has 1 unspecified atom stereocenters. The van der Waals surface area contributed by atoms with Gasteiger partial charge in [0.1, 0.15) is 11.9 Å². The quantitative estimate of drug-likeness (QED) is 0.738. The second-order valence-electron chi connectivity index (χ2n) is 6.58. The summed E-state index contributed by atoms with van der Waals surface area (Å²) in [6.07, 6.45) is 1.52. The van der Waals surface area contributed by atoms with Crippen molar-refractivity contribution in [2.24, 2.45) is 5.73 Å². The fraction of sp³-hybridized carbons (Fsp3) is 0.250. The molecule has 28 heavy (non-hydrogen) atoms. The number of urea groups is 1. The lowest BCUT2D eigenvalue weighted by atomic mass is 10.1. The van der Waals surface area contributed by atoms with Crippen molar-refractivity contribution in [3.8, 4) is 0 Å². The molecule has 1 atom stereocenters. The highest BCUT2D eigenvalue weighted by molar-refractivity contribution is 5.98. The summed E-state index contributed by atoms with van der Waals surface area (Å²) in [6.45, 7) is 0.516. The van der Waals surface area contributed by atoms with Gasteiger partial charge in [-0.1, -0.05) is 30.3 Å². The Morgan fingerprint density at radius 1 is 1.11 bits per heavy atom. The average Bonchev–Trinajstić information content (AvgIpc) is 3.15. The predicted molar refractivity (Wildman–Crippen MR) is 103 cm³/mol. The number of halogens is 1. The molecule has 2 aromatic carbocycles. The molecule has 0 bridgehead atoms. The van der Waals surface area contributed by atoms with Crippen LogP contribution in [0.4, 0.5) is 20.6 Å². The second-order valence-corrected chi connectivity index (χ2v) is 6.58. The van der Waals surface area contributed by atoms with Gasteiger partial charge in [0.15, 0.2) is 0 Å². The van der Waals surface area contributed by atoms with Crippen molar-refractivity contribution < 1.29 is 18.8 Å². The molecule has 8 heteroatoms. The molecule has 4 N–H and O–H groups in total. The maximum atomic E-state index is 13.7. The zero-order valence-corrected chi connectivity index (χ0v) is 15.2. The van der Waals surface area contributed by atoms with Gasteiger partial charge in [0.05, 0.1) is 12.1 Å². The van der Waals surface area contributed by atoms with Gasteiger partial charge in [0, 0.05) is 12.2 Å². The van der Waals surface area contributed by atoms with Crippen molar-refractivity contribution >= 4 is 29.2 Å². The number of rotatable bonds is 5. The summed E-state index contributed by atoms with van der Waals surface area (Å²) in [5.74, 6) is -1.13. The van der Waals surface area contributed by atoms with Crippen molar-refractivity contribution in [3.05, 3.63) is 59.9 Å². The van der Waals surface area contributed by atoms with Crippen LogP contribution in [-0.2, 0) is 16.0 Å². The molecule has 1 aliphatic heterocycles. The number of benzene rings is 2. The Hall–Kier alpha value is -3.42. The Balaban J connectivity index is 1.68. The number of hydrogen-bond donors (Lipinski definition) is 3. The van der Waals surface area contributed by atoms with Crippen LogP contribution in [0.25, 0.3) is 0 Å². The first-order chi connectivity index (χ1) is 13.4. The Morgan fingerprint density at radius 2 is 1.86 bits per heavy atom. The first-order valence-electron chi connectivity index (χ1n) is 8.94. The molecule has 7 nitrogen and oxygen atoms in total. The molecule has 2 aromatic rings. The van der Waals surface area contributed by atoms with E-state index in [2.05, 4.69) is 10.6 Å². The third kappa shape index (κ3) is 4.64. The molecule has 0 spiro atoms. The summed E-state index contributed by atoms with van der Waals surface area (Å²) < 4.78 is 13.7. The number of carbonyl (C=O) groups excluding carboxylic acids is 3. The maximum absolute atomic E-state index is 13.7. The molecule has 1 aliphatic rings. The number of nitrogens with two attached hydrogens (primary N) is 1. The summed E-state index contributed by atoms with van der Waals surface area (Å²) in [6, 6.07) is 11.6. The van der Waals surface area contributed by atoms with E-state index >= 15 is 0 Å². The monoisotopic (exact) mass is 384 g/mol. The number of anilines is 2. The van der Waals surface area contributed by atoms with Gasteiger partial charge in [-0.2, -0.15) is 0 Å². The molecule has 0 radical (unpaired) electrons. The standard InChI is InChI=1S/C20H21FN4O3/c21-15-9-8-14(12-16(15)24-20(22)28)23-19(27)17-7-4-10-25(17)18(26)11-13-5-2-1-3-6-13/h1-3,5-6,8-9,12,17H,4,7,10-11H2,(H,23,27)(H3,22,24,28). The smallest absolute Gasteiger partial charge is 0.316 e. The first kappa shape index (κ1) is 19.3. The second kappa shape index (κ2) is 8.51. The van der Waals surface area contributed by atoms with E-state index in [9.17, 15) is 18.8 Å². The molecule has 4 amide bonds. The summed E-state index contributed by atoms with van der Waals surface area (Å²) in [4.78, 5) is 37.8. The molecule has 0 aliphatic carbocycles. The molecular weight excluding hydrogens is 363 g/mol. The zero-order chi connectivity index (χ0) is 20.1. The minimum Gasteiger partial charge on any atom is -0.351 e. The Morgan fingerprint density at radius 3 is 2.57 bits per heavy atom.